The lowest BCUT2D eigenvalue weighted by molar-refractivity contribution is 0.0390. The molecule has 0 aromatic heterocycles. The molecule has 0 radical (unpaired) electrons. The van der Waals surface area contributed by atoms with Crippen LogP contribution < -0.4 is 5.32 Å². The number of carbonyl (C=O) groups excluding carboxylic acids is 2. The number of nitrogens with one attached hydrogen (secondary N) is 1. The van der Waals surface area contributed by atoms with E-state index in [9.17, 15) is 9.59 Å². The lowest BCUT2D eigenvalue weighted by Crippen LogP contribution is -2.47. The van der Waals surface area contributed by atoms with Gasteiger partial charge >= 0.3 is 6.09 Å². The fourth-order valence-corrected chi connectivity index (χ4v) is 4.37. The number of ether oxygens (including phenoxy) is 1. The van der Waals surface area contributed by atoms with Crippen LogP contribution in [0.2, 0.25) is 0 Å². The van der Waals surface area contributed by atoms with Crippen LogP contribution in [0.15, 0.2) is 30.3 Å². The first kappa shape index (κ1) is 18.7. The number of hydrogen-bond donors (Lipinski definition) is 1. The standard InChI is InChI=1S/C21H30N2O3/c1-15(2)26-21(25)23-18-10-11-19(23)14-16(13-18)7-6-12-22-20(24)17-8-4-3-5-9-17/h3-5,8-9,15-16,18-19H,6-7,10-14H2,1-2H3,(H,22,24). The SMILES string of the molecule is CC(C)OC(=O)N1C2CCC1CC(CCCNC(=O)c1ccccc1)C2. The monoisotopic (exact) mass is 358 g/mol. The molecule has 2 atom stereocenters. The molecule has 5 nitrogen and oxygen atoms in total. The van der Waals surface area contributed by atoms with Crippen molar-refractivity contribution in [1.29, 1.82) is 0 Å². The summed E-state index contributed by atoms with van der Waals surface area (Å²) in [5, 5.41) is 3.00. The molecule has 26 heavy (non-hydrogen) atoms. The summed E-state index contributed by atoms with van der Waals surface area (Å²) < 4.78 is 5.41. The molecule has 2 bridgehead atoms. The average Bonchev–Trinajstić information content (AvgIpc) is 2.89. The number of carbonyl (C=O) groups is 2. The number of hydrogen-bond acceptors (Lipinski definition) is 3. The molecule has 2 heterocycles. The van der Waals surface area contributed by atoms with Gasteiger partial charge in [-0.3, -0.25) is 4.79 Å². The van der Waals surface area contributed by atoms with Crippen molar-refractivity contribution >= 4 is 12.0 Å². The van der Waals surface area contributed by atoms with Crippen LogP contribution in [0.1, 0.15) is 62.7 Å². The van der Waals surface area contributed by atoms with Crippen LogP contribution >= 0.6 is 0 Å². The molecule has 5 heteroatoms. The molecule has 0 saturated carbocycles. The lowest BCUT2D eigenvalue weighted by atomic mass is 9.87. The maximum Gasteiger partial charge on any atom is 0.410 e. The molecule has 1 aromatic carbocycles. The predicted molar refractivity (Wildman–Crippen MR) is 101 cm³/mol. The third-order valence-corrected chi connectivity index (χ3v) is 5.49. The zero-order valence-electron chi connectivity index (χ0n) is 15.8. The Morgan fingerprint density at radius 3 is 2.42 bits per heavy atom. The van der Waals surface area contributed by atoms with Crippen LogP contribution in [-0.4, -0.2) is 41.6 Å². The summed E-state index contributed by atoms with van der Waals surface area (Å²) in [5.41, 5.74) is 0.711. The van der Waals surface area contributed by atoms with E-state index in [2.05, 4.69) is 5.32 Å². The predicted octanol–water partition coefficient (Wildman–Crippen LogP) is 3.98. The molecule has 142 valence electrons. The van der Waals surface area contributed by atoms with E-state index < -0.39 is 0 Å². The summed E-state index contributed by atoms with van der Waals surface area (Å²) in [6.07, 6.45) is 6.22. The normalized spacial score (nSPS) is 24.6. The summed E-state index contributed by atoms with van der Waals surface area (Å²) in [5.74, 6) is 0.640. The fourth-order valence-electron chi connectivity index (χ4n) is 4.37. The number of nitrogens with zero attached hydrogens (tertiary/aromatic N) is 1. The summed E-state index contributed by atoms with van der Waals surface area (Å²) in [4.78, 5) is 26.3. The molecule has 3 rings (SSSR count). The van der Waals surface area contributed by atoms with Gasteiger partial charge in [0, 0.05) is 24.2 Å². The summed E-state index contributed by atoms with van der Waals surface area (Å²) in [7, 11) is 0. The molecule has 0 aliphatic carbocycles. The van der Waals surface area contributed by atoms with Crippen molar-refractivity contribution in [3.05, 3.63) is 35.9 Å². The van der Waals surface area contributed by atoms with E-state index in [-0.39, 0.29) is 18.1 Å². The molecule has 2 aliphatic rings. The van der Waals surface area contributed by atoms with E-state index in [0.29, 0.717) is 30.1 Å². The quantitative estimate of drug-likeness (QED) is 0.783. The van der Waals surface area contributed by atoms with E-state index in [0.717, 1.165) is 38.5 Å². The van der Waals surface area contributed by atoms with Gasteiger partial charge in [0.15, 0.2) is 0 Å². The van der Waals surface area contributed by atoms with Gasteiger partial charge in [-0.15, -0.1) is 0 Å². The van der Waals surface area contributed by atoms with Gasteiger partial charge in [-0.1, -0.05) is 18.2 Å². The minimum Gasteiger partial charge on any atom is -0.447 e. The van der Waals surface area contributed by atoms with Gasteiger partial charge in [0.05, 0.1) is 6.10 Å². The number of amides is 2. The summed E-state index contributed by atoms with van der Waals surface area (Å²) in [6, 6.07) is 10.0. The minimum atomic E-state index is -0.138. The lowest BCUT2D eigenvalue weighted by Gasteiger charge is -2.38. The van der Waals surface area contributed by atoms with Gasteiger partial charge in [-0.25, -0.2) is 4.79 Å². The number of fused-ring (bicyclic) bond motifs is 2. The Kier molecular flexibility index (Phi) is 6.17. The maximum absolute atomic E-state index is 12.3. The number of piperidine rings is 1. The minimum absolute atomic E-state index is 0.00285. The van der Waals surface area contributed by atoms with Gasteiger partial charge in [0.25, 0.3) is 5.91 Å². The van der Waals surface area contributed by atoms with Gasteiger partial charge < -0.3 is 15.0 Å². The van der Waals surface area contributed by atoms with Crippen LogP contribution in [-0.2, 0) is 4.74 Å². The van der Waals surface area contributed by atoms with Crippen LogP contribution in [0.3, 0.4) is 0 Å². The first-order valence-electron chi connectivity index (χ1n) is 9.86. The first-order chi connectivity index (χ1) is 12.5. The molecular formula is C21H30N2O3. The van der Waals surface area contributed by atoms with Crippen molar-refractivity contribution in [2.24, 2.45) is 5.92 Å². The molecule has 2 unspecified atom stereocenters. The first-order valence-corrected chi connectivity index (χ1v) is 9.86. The largest absolute Gasteiger partial charge is 0.447 e. The highest BCUT2D eigenvalue weighted by atomic mass is 16.6. The second kappa shape index (κ2) is 8.56. The second-order valence-corrected chi connectivity index (χ2v) is 7.83. The highest BCUT2D eigenvalue weighted by Gasteiger charge is 2.43. The molecule has 1 N–H and O–H groups in total. The third kappa shape index (κ3) is 4.57. The van der Waals surface area contributed by atoms with E-state index in [4.69, 9.17) is 4.74 Å². The summed E-state index contributed by atoms with van der Waals surface area (Å²) in [6.45, 7) is 4.51. The van der Waals surface area contributed by atoms with Crippen molar-refractivity contribution in [2.45, 2.75) is 70.6 Å². The Hall–Kier alpha value is -2.04. The molecule has 2 amide bonds. The molecule has 2 fully saturated rings. The van der Waals surface area contributed by atoms with Gasteiger partial charge in [-0.05, 0) is 70.4 Å². The van der Waals surface area contributed by atoms with Crippen molar-refractivity contribution < 1.29 is 14.3 Å². The summed E-state index contributed by atoms with van der Waals surface area (Å²) >= 11 is 0. The Morgan fingerprint density at radius 1 is 1.15 bits per heavy atom. The Labute approximate surface area is 156 Å². The van der Waals surface area contributed by atoms with Crippen LogP contribution in [0.25, 0.3) is 0 Å². The van der Waals surface area contributed by atoms with Crippen LogP contribution in [0.5, 0.6) is 0 Å². The zero-order chi connectivity index (χ0) is 18.5. The highest BCUT2D eigenvalue weighted by Crippen LogP contribution is 2.40. The molecule has 2 saturated heterocycles. The van der Waals surface area contributed by atoms with E-state index in [1.165, 1.54) is 0 Å². The van der Waals surface area contributed by atoms with Crippen molar-refractivity contribution in [3.8, 4) is 0 Å². The number of rotatable bonds is 6. The average molecular weight is 358 g/mol. The molecule has 1 aromatic rings. The van der Waals surface area contributed by atoms with Gasteiger partial charge in [0.2, 0.25) is 0 Å². The Bertz CT molecular complexity index is 603. The molecule has 0 spiro atoms. The number of benzene rings is 1. The van der Waals surface area contributed by atoms with Crippen LogP contribution in [0.4, 0.5) is 4.79 Å². The van der Waals surface area contributed by atoms with Gasteiger partial charge in [-0.2, -0.15) is 0 Å². The maximum atomic E-state index is 12.3. The fraction of sp³-hybridized carbons (Fsp3) is 0.619. The van der Waals surface area contributed by atoms with Crippen molar-refractivity contribution in [2.75, 3.05) is 6.54 Å². The Balaban J connectivity index is 1.40. The second-order valence-electron chi connectivity index (χ2n) is 7.83. The highest BCUT2D eigenvalue weighted by molar-refractivity contribution is 5.94. The van der Waals surface area contributed by atoms with Crippen molar-refractivity contribution in [1.82, 2.24) is 10.2 Å². The van der Waals surface area contributed by atoms with Crippen LogP contribution in [0, 0.1) is 5.92 Å². The topological polar surface area (TPSA) is 58.6 Å². The zero-order valence-corrected chi connectivity index (χ0v) is 15.8. The van der Waals surface area contributed by atoms with Gasteiger partial charge in [0.1, 0.15) is 0 Å². The Morgan fingerprint density at radius 2 is 1.81 bits per heavy atom. The molecular weight excluding hydrogens is 328 g/mol. The third-order valence-electron chi connectivity index (χ3n) is 5.49. The van der Waals surface area contributed by atoms with E-state index >= 15 is 0 Å². The van der Waals surface area contributed by atoms with E-state index in [1.807, 2.05) is 49.1 Å². The molecule has 2 aliphatic heterocycles. The van der Waals surface area contributed by atoms with E-state index in [1.54, 1.807) is 0 Å². The van der Waals surface area contributed by atoms with Crippen molar-refractivity contribution in [3.63, 3.8) is 0 Å². The smallest absolute Gasteiger partial charge is 0.410 e.